The van der Waals surface area contributed by atoms with E-state index in [2.05, 4.69) is 11.7 Å². The molecule has 18 heavy (non-hydrogen) atoms. The fourth-order valence-electron chi connectivity index (χ4n) is 1.76. The third-order valence-electron chi connectivity index (χ3n) is 2.83. The molecule has 0 aliphatic heterocycles. The first-order valence-corrected chi connectivity index (χ1v) is 7.04. The van der Waals surface area contributed by atoms with Crippen molar-refractivity contribution >= 4 is 5.78 Å². The average Bonchev–Trinajstić information content (AvgIpc) is 2.33. The van der Waals surface area contributed by atoms with Gasteiger partial charge in [0.25, 0.3) is 6.43 Å². The van der Waals surface area contributed by atoms with Gasteiger partial charge in [0.05, 0.1) is 6.61 Å². The number of halogens is 2. The fourth-order valence-corrected chi connectivity index (χ4v) is 1.76. The molecule has 4 heteroatoms. The van der Waals surface area contributed by atoms with Crippen LogP contribution in [0.25, 0.3) is 0 Å². The summed E-state index contributed by atoms with van der Waals surface area (Å²) in [7, 11) is 0. The molecule has 0 atom stereocenters. The summed E-state index contributed by atoms with van der Waals surface area (Å²) in [5.41, 5.74) is 0. The maximum Gasteiger partial charge on any atom is 0.261 e. The first-order valence-electron chi connectivity index (χ1n) is 7.04. The second kappa shape index (κ2) is 12.9. The number of carbonyl (C=O) groups excluding carboxylic acids is 1. The molecule has 108 valence electrons. The molecule has 0 aliphatic rings. The first kappa shape index (κ1) is 17.5. The van der Waals surface area contributed by atoms with Crippen LogP contribution in [0.5, 0.6) is 0 Å². The summed E-state index contributed by atoms with van der Waals surface area (Å²) in [6.45, 7) is 1.75. The van der Waals surface area contributed by atoms with Crippen molar-refractivity contribution in [2.24, 2.45) is 0 Å². The Kier molecular flexibility index (Phi) is 12.6. The van der Waals surface area contributed by atoms with Crippen molar-refractivity contribution < 1.29 is 18.3 Å². The third-order valence-corrected chi connectivity index (χ3v) is 2.83. The van der Waals surface area contributed by atoms with Gasteiger partial charge in [-0.15, -0.1) is 0 Å². The van der Waals surface area contributed by atoms with Crippen LogP contribution in [0, 0.1) is 0 Å². The Bertz CT molecular complexity index is 196. The van der Waals surface area contributed by atoms with Crippen molar-refractivity contribution in [3.63, 3.8) is 0 Å². The van der Waals surface area contributed by atoms with Crippen molar-refractivity contribution in [2.45, 2.75) is 71.1 Å². The van der Waals surface area contributed by atoms with E-state index in [4.69, 9.17) is 0 Å². The minimum atomic E-state index is -2.44. The highest BCUT2D eigenvalue weighted by molar-refractivity contribution is 5.78. The monoisotopic (exact) mass is 264 g/mol. The van der Waals surface area contributed by atoms with Crippen molar-refractivity contribution in [2.75, 3.05) is 13.2 Å². The Labute approximate surface area is 109 Å². The minimum absolute atomic E-state index is 0.123. The average molecular weight is 264 g/mol. The number of hydrogen-bond donors (Lipinski definition) is 0. The number of rotatable bonds is 13. The first-order chi connectivity index (χ1) is 8.66. The number of unbranched alkanes of at least 4 members (excludes halogenated alkanes) is 6. The second-order valence-corrected chi connectivity index (χ2v) is 4.63. The molecule has 0 aromatic rings. The summed E-state index contributed by atoms with van der Waals surface area (Å²) in [5, 5.41) is 0. The van der Waals surface area contributed by atoms with Crippen LogP contribution in [0.3, 0.4) is 0 Å². The largest absolute Gasteiger partial charge is 0.375 e. The Morgan fingerprint density at radius 3 is 2.22 bits per heavy atom. The van der Waals surface area contributed by atoms with E-state index in [0.29, 0.717) is 6.42 Å². The number of Topliss-reactive ketones (excluding diaryl/α,β-unsaturated/α-hetero) is 1. The fraction of sp³-hybridized carbons (Fsp3) is 0.929. The van der Waals surface area contributed by atoms with E-state index in [1.807, 2.05) is 0 Å². The molecule has 0 saturated heterocycles. The zero-order valence-corrected chi connectivity index (χ0v) is 11.4. The molecule has 0 heterocycles. The molecule has 0 spiro atoms. The van der Waals surface area contributed by atoms with Gasteiger partial charge in [-0.2, -0.15) is 0 Å². The summed E-state index contributed by atoms with van der Waals surface area (Å²) in [6.07, 6.45) is 6.66. The van der Waals surface area contributed by atoms with Crippen LogP contribution in [0.2, 0.25) is 0 Å². The summed E-state index contributed by atoms with van der Waals surface area (Å²) >= 11 is 0. The molecule has 0 saturated carbocycles. The molecule has 0 aromatic heterocycles. The lowest BCUT2D eigenvalue weighted by Crippen LogP contribution is -2.09. The van der Waals surface area contributed by atoms with Crippen molar-refractivity contribution in [3.05, 3.63) is 0 Å². The molecule has 0 aromatic carbocycles. The number of ether oxygens (including phenoxy) is 1. The van der Waals surface area contributed by atoms with Gasteiger partial charge in [-0.25, -0.2) is 8.78 Å². The quantitative estimate of drug-likeness (QED) is 0.462. The number of hydrogen-bond acceptors (Lipinski definition) is 2. The smallest absolute Gasteiger partial charge is 0.261 e. The predicted octanol–water partition coefficient (Wildman–Crippen LogP) is 4.37. The van der Waals surface area contributed by atoms with Crippen molar-refractivity contribution in [3.8, 4) is 0 Å². The summed E-state index contributed by atoms with van der Waals surface area (Å²) < 4.78 is 28.1. The summed E-state index contributed by atoms with van der Waals surface area (Å²) in [4.78, 5) is 11.4. The van der Waals surface area contributed by atoms with Crippen LogP contribution in [0.1, 0.15) is 64.7 Å². The summed E-state index contributed by atoms with van der Waals surface area (Å²) in [6, 6.07) is 0. The number of carbonyl (C=O) groups is 1. The molecule has 0 aliphatic carbocycles. The van der Waals surface area contributed by atoms with Gasteiger partial charge in [0.1, 0.15) is 12.4 Å². The second-order valence-electron chi connectivity index (χ2n) is 4.63. The van der Waals surface area contributed by atoms with Crippen LogP contribution >= 0.6 is 0 Å². The zero-order chi connectivity index (χ0) is 13.6. The van der Waals surface area contributed by atoms with E-state index in [1.165, 1.54) is 32.1 Å². The molecular weight excluding hydrogens is 238 g/mol. The zero-order valence-electron chi connectivity index (χ0n) is 11.4. The SMILES string of the molecule is CCCCCCCCCC(=O)CCOCC(F)F. The molecule has 0 N–H and O–H groups in total. The van der Waals surface area contributed by atoms with Gasteiger partial charge in [0.2, 0.25) is 0 Å². The highest BCUT2D eigenvalue weighted by Crippen LogP contribution is 2.09. The van der Waals surface area contributed by atoms with Crippen LogP contribution < -0.4 is 0 Å². The molecule has 0 rings (SSSR count). The van der Waals surface area contributed by atoms with Crippen LogP contribution in [-0.4, -0.2) is 25.4 Å². The molecule has 0 amide bonds. The minimum Gasteiger partial charge on any atom is -0.375 e. The molecule has 0 fully saturated rings. The topological polar surface area (TPSA) is 26.3 Å². The van der Waals surface area contributed by atoms with Crippen molar-refractivity contribution in [1.82, 2.24) is 0 Å². The van der Waals surface area contributed by atoms with Gasteiger partial charge >= 0.3 is 0 Å². The van der Waals surface area contributed by atoms with Gasteiger partial charge in [-0.05, 0) is 6.42 Å². The number of alkyl halides is 2. The lowest BCUT2D eigenvalue weighted by Gasteiger charge is -2.03. The lowest BCUT2D eigenvalue weighted by atomic mass is 10.1. The Morgan fingerprint density at radius 1 is 1.00 bits per heavy atom. The van der Waals surface area contributed by atoms with Crippen molar-refractivity contribution in [1.29, 1.82) is 0 Å². The maximum atomic E-state index is 11.7. The van der Waals surface area contributed by atoms with E-state index in [-0.39, 0.29) is 18.8 Å². The van der Waals surface area contributed by atoms with Gasteiger partial charge in [0, 0.05) is 12.8 Å². The third kappa shape index (κ3) is 13.6. The van der Waals surface area contributed by atoms with Gasteiger partial charge in [0.15, 0.2) is 0 Å². The van der Waals surface area contributed by atoms with Gasteiger partial charge in [-0.1, -0.05) is 45.4 Å². The van der Waals surface area contributed by atoms with E-state index < -0.39 is 13.0 Å². The van der Waals surface area contributed by atoms with Gasteiger partial charge < -0.3 is 4.74 Å². The van der Waals surface area contributed by atoms with Crippen LogP contribution in [-0.2, 0) is 9.53 Å². The van der Waals surface area contributed by atoms with Gasteiger partial charge in [-0.3, -0.25) is 4.79 Å². The Morgan fingerprint density at radius 2 is 1.61 bits per heavy atom. The van der Waals surface area contributed by atoms with Crippen LogP contribution in [0.15, 0.2) is 0 Å². The predicted molar refractivity (Wildman–Crippen MR) is 69.1 cm³/mol. The van der Waals surface area contributed by atoms with E-state index in [0.717, 1.165) is 12.8 Å². The molecule has 2 nitrogen and oxygen atoms in total. The Balaban J connectivity index is 3.17. The molecule has 0 radical (unpaired) electrons. The maximum absolute atomic E-state index is 11.7. The van der Waals surface area contributed by atoms with E-state index >= 15 is 0 Å². The lowest BCUT2D eigenvalue weighted by molar-refractivity contribution is -0.120. The van der Waals surface area contributed by atoms with E-state index in [1.54, 1.807) is 0 Å². The standard InChI is InChI=1S/C14H26F2O2/c1-2-3-4-5-6-7-8-9-13(17)10-11-18-12-14(15)16/h14H,2-12H2,1H3. The highest BCUT2D eigenvalue weighted by atomic mass is 19.3. The van der Waals surface area contributed by atoms with E-state index in [9.17, 15) is 13.6 Å². The molecular formula is C14H26F2O2. The summed E-state index contributed by atoms with van der Waals surface area (Å²) in [5.74, 6) is 0.123. The molecule has 0 bridgehead atoms. The molecule has 0 unspecified atom stereocenters. The Hall–Kier alpha value is -0.510. The van der Waals surface area contributed by atoms with Crippen LogP contribution in [0.4, 0.5) is 8.78 Å². The highest BCUT2D eigenvalue weighted by Gasteiger charge is 2.04. The number of ketones is 1. The normalized spacial score (nSPS) is 11.1.